The van der Waals surface area contributed by atoms with E-state index in [1.54, 1.807) is 6.07 Å². The summed E-state index contributed by atoms with van der Waals surface area (Å²) in [4.78, 5) is 3.85. The quantitative estimate of drug-likeness (QED) is 0.708. The van der Waals surface area contributed by atoms with Crippen molar-refractivity contribution in [2.75, 3.05) is 0 Å². The van der Waals surface area contributed by atoms with Gasteiger partial charge < -0.3 is 0 Å². The number of hydrogen-bond acceptors (Lipinski definition) is 1. The summed E-state index contributed by atoms with van der Waals surface area (Å²) in [6.07, 6.45) is -1.32. The first-order valence-electron chi connectivity index (χ1n) is 4.09. The molecule has 0 unspecified atom stereocenters. The fraction of sp³-hybridized carbons (Fsp3) is 0.100. The van der Waals surface area contributed by atoms with Crippen molar-refractivity contribution >= 4 is 26.7 Å². The molecule has 2 aromatic rings. The van der Waals surface area contributed by atoms with Gasteiger partial charge in [0.1, 0.15) is 0 Å². The van der Waals surface area contributed by atoms with Gasteiger partial charge in [0, 0.05) is 22.3 Å². The number of aromatic nitrogens is 1. The van der Waals surface area contributed by atoms with Crippen LogP contribution in [0, 0.1) is 0 Å². The van der Waals surface area contributed by atoms with Crippen LogP contribution in [0.2, 0.25) is 0 Å². The molecule has 0 amide bonds. The van der Waals surface area contributed by atoms with Gasteiger partial charge in [0.05, 0.1) is 5.56 Å². The highest BCUT2D eigenvalue weighted by Crippen LogP contribution is 2.34. The molecule has 0 aliphatic carbocycles. The van der Waals surface area contributed by atoms with Crippen LogP contribution in [-0.4, -0.2) is 4.98 Å². The Morgan fingerprint density at radius 2 is 1.93 bits per heavy atom. The van der Waals surface area contributed by atoms with Crippen LogP contribution >= 0.6 is 15.9 Å². The second-order valence-corrected chi connectivity index (χ2v) is 3.91. The van der Waals surface area contributed by atoms with Crippen molar-refractivity contribution in [3.63, 3.8) is 0 Å². The summed E-state index contributed by atoms with van der Waals surface area (Å²) in [5.41, 5.74) is -0.659. The van der Waals surface area contributed by atoms with Crippen molar-refractivity contribution in [1.29, 1.82) is 0 Å². The number of nitrogens with zero attached hydrogens (tertiary/aromatic N) is 1. The van der Waals surface area contributed by atoms with E-state index in [4.69, 9.17) is 0 Å². The molecule has 0 atom stereocenters. The minimum atomic E-state index is -4.32. The summed E-state index contributed by atoms with van der Waals surface area (Å²) in [5, 5.41) is 1.19. The SMILES string of the molecule is FC(F)(F)c1cc(Br)c2cnccc2c1. The van der Waals surface area contributed by atoms with E-state index in [0.717, 1.165) is 12.1 Å². The third-order valence-corrected chi connectivity index (χ3v) is 2.69. The Hall–Kier alpha value is -1.10. The third-order valence-electron chi connectivity index (χ3n) is 2.03. The zero-order valence-electron chi connectivity index (χ0n) is 7.35. The number of rotatable bonds is 0. The standard InChI is InChI=1S/C10H5BrF3N/c11-9-4-7(10(12,13)14)3-6-1-2-15-5-8(6)9/h1-5H. The molecule has 15 heavy (non-hydrogen) atoms. The van der Waals surface area contributed by atoms with Gasteiger partial charge in [-0.3, -0.25) is 4.98 Å². The molecule has 1 aromatic heterocycles. The first-order valence-corrected chi connectivity index (χ1v) is 4.88. The van der Waals surface area contributed by atoms with E-state index in [0.29, 0.717) is 15.2 Å². The van der Waals surface area contributed by atoms with Crippen LogP contribution in [0.4, 0.5) is 13.2 Å². The van der Waals surface area contributed by atoms with Crippen molar-refractivity contribution in [3.8, 4) is 0 Å². The molecule has 1 aromatic carbocycles. The van der Waals surface area contributed by atoms with Gasteiger partial charge in [-0.1, -0.05) is 15.9 Å². The van der Waals surface area contributed by atoms with Crippen molar-refractivity contribution < 1.29 is 13.2 Å². The molecule has 0 N–H and O–H groups in total. The summed E-state index contributed by atoms with van der Waals surface area (Å²) in [6.45, 7) is 0. The van der Waals surface area contributed by atoms with Crippen molar-refractivity contribution in [1.82, 2.24) is 4.98 Å². The topological polar surface area (TPSA) is 12.9 Å². The molecule has 5 heteroatoms. The Labute approximate surface area is 92.1 Å². The Bertz CT molecular complexity index is 507. The van der Waals surface area contributed by atoms with Crippen LogP contribution in [-0.2, 0) is 6.18 Å². The minimum absolute atomic E-state index is 0.403. The highest BCUT2D eigenvalue weighted by Gasteiger charge is 2.31. The average molecular weight is 276 g/mol. The molecule has 2 rings (SSSR count). The molecule has 0 radical (unpaired) electrons. The maximum atomic E-state index is 12.5. The first-order chi connectivity index (χ1) is 6.98. The second-order valence-electron chi connectivity index (χ2n) is 3.05. The number of hydrogen-bond donors (Lipinski definition) is 0. The summed E-state index contributed by atoms with van der Waals surface area (Å²) in [5.74, 6) is 0. The molecule has 78 valence electrons. The Balaban J connectivity index is 2.73. The smallest absolute Gasteiger partial charge is 0.264 e. The third kappa shape index (κ3) is 1.97. The monoisotopic (exact) mass is 275 g/mol. The lowest BCUT2D eigenvalue weighted by Crippen LogP contribution is -2.04. The fourth-order valence-corrected chi connectivity index (χ4v) is 1.90. The number of alkyl halides is 3. The summed E-state index contributed by atoms with van der Waals surface area (Å²) in [7, 11) is 0. The van der Waals surface area contributed by atoms with Crippen LogP contribution in [0.15, 0.2) is 35.1 Å². The minimum Gasteiger partial charge on any atom is -0.264 e. The number of benzene rings is 1. The average Bonchev–Trinajstić information content (AvgIpc) is 2.16. The molecule has 0 spiro atoms. The molecule has 1 nitrogen and oxygen atoms in total. The Kier molecular flexibility index (Phi) is 2.42. The van der Waals surface area contributed by atoms with Crippen LogP contribution in [0.25, 0.3) is 10.8 Å². The van der Waals surface area contributed by atoms with Crippen molar-refractivity contribution in [3.05, 3.63) is 40.6 Å². The number of halogens is 4. The van der Waals surface area contributed by atoms with E-state index in [1.165, 1.54) is 12.4 Å². The van der Waals surface area contributed by atoms with E-state index in [1.807, 2.05) is 0 Å². The molecular weight excluding hydrogens is 271 g/mol. The van der Waals surface area contributed by atoms with Gasteiger partial charge in [0.25, 0.3) is 0 Å². The zero-order chi connectivity index (χ0) is 11.1. The highest BCUT2D eigenvalue weighted by atomic mass is 79.9. The summed E-state index contributed by atoms with van der Waals surface area (Å²) < 4.78 is 37.8. The maximum Gasteiger partial charge on any atom is 0.416 e. The van der Waals surface area contributed by atoms with E-state index >= 15 is 0 Å². The van der Waals surface area contributed by atoms with Gasteiger partial charge >= 0.3 is 6.18 Å². The van der Waals surface area contributed by atoms with Crippen molar-refractivity contribution in [2.45, 2.75) is 6.18 Å². The highest BCUT2D eigenvalue weighted by molar-refractivity contribution is 9.10. The largest absolute Gasteiger partial charge is 0.416 e. The maximum absolute atomic E-state index is 12.5. The normalized spacial score (nSPS) is 12.0. The van der Waals surface area contributed by atoms with Gasteiger partial charge in [-0.15, -0.1) is 0 Å². The Morgan fingerprint density at radius 1 is 1.20 bits per heavy atom. The van der Waals surface area contributed by atoms with E-state index in [2.05, 4.69) is 20.9 Å². The van der Waals surface area contributed by atoms with Gasteiger partial charge in [-0.05, 0) is 23.6 Å². The number of fused-ring (bicyclic) bond motifs is 1. The van der Waals surface area contributed by atoms with Crippen LogP contribution < -0.4 is 0 Å². The lowest BCUT2D eigenvalue weighted by molar-refractivity contribution is -0.137. The van der Waals surface area contributed by atoms with E-state index in [9.17, 15) is 13.2 Å². The molecule has 0 saturated heterocycles. The van der Waals surface area contributed by atoms with Gasteiger partial charge in [0.2, 0.25) is 0 Å². The van der Waals surface area contributed by atoms with E-state index in [-0.39, 0.29) is 0 Å². The lowest BCUT2D eigenvalue weighted by Gasteiger charge is -2.08. The molecular formula is C10H5BrF3N. The predicted molar refractivity (Wildman–Crippen MR) is 54.4 cm³/mol. The predicted octanol–water partition coefficient (Wildman–Crippen LogP) is 4.02. The van der Waals surface area contributed by atoms with Gasteiger partial charge in [0.15, 0.2) is 0 Å². The molecule has 0 bridgehead atoms. The van der Waals surface area contributed by atoms with Crippen molar-refractivity contribution in [2.24, 2.45) is 0 Å². The summed E-state index contributed by atoms with van der Waals surface area (Å²) >= 11 is 3.10. The van der Waals surface area contributed by atoms with Gasteiger partial charge in [-0.25, -0.2) is 0 Å². The first kappa shape index (κ1) is 10.4. The van der Waals surface area contributed by atoms with Gasteiger partial charge in [-0.2, -0.15) is 13.2 Å². The molecule has 0 saturated carbocycles. The second kappa shape index (κ2) is 3.48. The molecule has 0 fully saturated rings. The molecule has 1 heterocycles. The van der Waals surface area contributed by atoms with Crippen LogP contribution in [0.5, 0.6) is 0 Å². The fourth-order valence-electron chi connectivity index (χ4n) is 1.32. The van der Waals surface area contributed by atoms with Crippen LogP contribution in [0.3, 0.4) is 0 Å². The Morgan fingerprint density at radius 3 is 2.60 bits per heavy atom. The van der Waals surface area contributed by atoms with E-state index < -0.39 is 11.7 Å². The summed E-state index contributed by atoms with van der Waals surface area (Å²) in [6, 6.07) is 3.72. The van der Waals surface area contributed by atoms with Crippen LogP contribution in [0.1, 0.15) is 5.56 Å². The number of pyridine rings is 1. The zero-order valence-corrected chi connectivity index (χ0v) is 8.93. The molecule has 0 aliphatic heterocycles. The molecule has 0 aliphatic rings. The lowest BCUT2D eigenvalue weighted by atomic mass is 10.1.